The topological polar surface area (TPSA) is 59.8 Å². The van der Waals surface area contributed by atoms with Crippen molar-refractivity contribution in [3.8, 4) is 0 Å². The Kier molecular flexibility index (Phi) is 5.91. The highest BCUT2D eigenvalue weighted by molar-refractivity contribution is 7.98. The second-order valence-corrected chi connectivity index (χ2v) is 7.18. The second-order valence-electron chi connectivity index (χ2n) is 6.13. The van der Waals surface area contributed by atoms with Crippen molar-refractivity contribution in [3.63, 3.8) is 0 Å². The Morgan fingerprint density at radius 1 is 1.11 bits per heavy atom. The normalized spacial score (nSPS) is 10.8. The number of rotatable bonds is 6. The lowest BCUT2D eigenvalue weighted by Gasteiger charge is -2.14. The van der Waals surface area contributed by atoms with Crippen molar-refractivity contribution in [2.24, 2.45) is 0 Å². The van der Waals surface area contributed by atoms with Crippen LogP contribution in [0.1, 0.15) is 23.7 Å². The van der Waals surface area contributed by atoms with Crippen LogP contribution in [0.15, 0.2) is 52.2 Å². The third kappa shape index (κ3) is 4.36. The van der Waals surface area contributed by atoms with E-state index < -0.39 is 0 Å². The Labute approximate surface area is 161 Å². The lowest BCUT2D eigenvalue weighted by atomic mass is 10.1. The molecular weight excluding hydrogens is 363 g/mol. The van der Waals surface area contributed by atoms with Crippen molar-refractivity contribution in [2.75, 3.05) is 5.32 Å². The fourth-order valence-corrected chi connectivity index (χ4v) is 3.44. The van der Waals surface area contributed by atoms with E-state index in [0.29, 0.717) is 23.9 Å². The fourth-order valence-electron chi connectivity index (χ4n) is 2.62. The van der Waals surface area contributed by atoms with Crippen LogP contribution in [-0.4, -0.2) is 14.8 Å². The van der Waals surface area contributed by atoms with Crippen LogP contribution in [0.2, 0.25) is 0 Å². The molecule has 0 saturated heterocycles. The minimum absolute atomic E-state index is 0.171. The van der Waals surface area contributed by atoms with Gasteiger partial charge in [0.25, 0.3) is 5.56 Å². The molecule has 0 aliphatic heterocycles. The molecule has 7 heteroatoms. The van der Waals surface area contributed by atoms with Crippen LogP contribution >= 0.6 is 11.8 Å². The van der Waals surface area contributed by atoms with Crippen LogP contribution in [0.3, 0.4) is 0 Å². The SMILES string of the molecule is CCn1c(Nc2cccc(C)c2C)nnc(CSc2ccc(F)cc2)c1=O. The van der Waals surface area contributed by atoms with Crippen molar-refractivity contribution in [1.29, 1.82) is 0 Å². The predicted molar refractivity (Wildman–Crippen MR) is 107 cm³/mol. The number of aryl methyl sites for hydroxylation is 1. The summed E-state index contributed by atoms with van der Waals surface area (Å²) >= 11 is 1.43. The van der Waals surface area contributed by atoms with Crippen LogP contribution in [-0.2, 0) is 12.3 Å². The Morgan fingerprint density at radius 2 is 1.85 bits per heavy atom. The van der Waals surface area contributed by atoms with Gasteiger partial charge in [-0.2, -0.15) is 0 Å². The van der Waals surface area contributed by atoms with Crippen LogP contribution in [0.5, 0.6) is 0 Å². The molecule has 2 aromatic carbocycles. The molecule has 5 nitrogen and oxygen atoms in total. The Hall–Kier alpha value is -2.67. The first kappa shape index (κ1) is 19.1. The molecule has 0 radical (unpaired) electrons. The van der Waals surface area contributed by atoms with Gasteiger partial charge in [-0.05, 0) is 62.2 Å². The number of thioether (sulfide) groups is 1. The van der Waals surface area contributed by atoms with E-state index in [1.54, 1.807) is 16.7 Å². The molecule has 1 N–H and O–H groups in total. The number of anilines is 2. The Bertz CT molecular complexity index is 1000. The van der Waals surface area contributed by atoms with Gasteiger partial charge >= 0.3 is 0 Å². The third-order valence-electron chi connectivity index (χ3n) is 4.37. The van der Waals surface area contributed by atoms with Crippen LogP contribution in [0, 0.1) is 19.7 Å². The number of hydrogen-bond acceptors (Lipinski definition) is 5. The van der Waals surface area contributed by atoms with Crippen LogP contribution < -0.4 is 10.9 Å². The molecule has 3 aromatic rings. The Balaban J connectivity index is 1.83. The first-order valence-corrected chi connectivity index (χ1v) is 9.66. The molecule has 0 bridgehead atoms. The average molecular weight is 384 g/mol. The van der Waals surface area contributed by atoms with E-state index in [2.05, 4.69) is 15.5 Å². The van der Waals surface area contributed by atoms with Gasteiger partial charge in [0.2, 0.25) is 5.95 Å². The quantitative estimate of drug-likeness (QED) is 0.636. The summed E-state index contributed by atoms with van der Waals surface area (Å²) in [6, 6.07) is 12.1. The molecule has 1 heterocycles. The second kappa shape index (κ2) is 8.35. The predicted octanol–water partition coefficient (Wildman–Crippen LogP) is 4.45. The number of nitrogens with one attached hydrogen (secondary N) is 1. The Morgan fingerprint density at radius 3 is 2.56 bits per heavy atom. The zero-order valence-corrected chi connectivity index (χ0v) is 16.3. The van der Waals surface area contributed by atoms with Gasteiger partial charge in [-0.3, -0.25) is 9.36 Å². The van der Waals surface area contributed by atoms with Crippen molar-refractivity contribution >= 4 is 23.4 Å². The number of halogens is 1. The van der Waals surface area contributed by atoms with Gasteiger partial charge in [0.05, 0.1) is 0 Å². The van der Waals surface area contributed by atoms with E-state index in [-0.39, 0.29) is 11.4 Å². The number of aromatic nitrogens is 3. The van der Waals surface area contributed by atoms with Gasteiger partial charge in [0.1, 0.15) is 11.5 Å². The largest absolute Gasteiger partial charge is 0.324 e. The van der Waals surface area contributed by atoms with Gasteiger partial charge in [-0.15, -0.1) is 22.0 Å². The van der Waals surface area contributed by atoms with Gasteiger partial charge in [0.15, 0.2) is 0 Å². The third-order valence-corrected chi connectivity index (χ3v) is 5.39. The summed E-state index contributed by atoms with van der Waals surface area (Å²) in [6.07, 6.45) is 0. The highest BCUT2D eigenvalue weighted by Gasteiger charge is 2.13. The van der Waals surface area contributed by atoms with E-state index in [9.17, 15) is 9.18 Å². The van der Waals surface area contributed by atoms with E-state index >= 15 is 0 Å². The van der Waals surface area contributed by atoms with E-state index in [0.717, 1.165) is 21.7 Å². The molecule has 140 valence electrons. The summed E-state index contributed by atoms with van der Waals surface area (Å²) in [5, 5.41) is 11.6. The summed E-state index contributed by atoms with van der Waals surface area (Å²) < 4.78 is 14.6. The fraction of sp³-hybridized carbons (Fsp3) is 0.250. The van der Waals surface area contributed by atoms with Crippen molar-refractivity contribution in [2.45, 2.75) is 38.0 Å². The van der Waals surface area contributed by atoms with Crippen LogP contribution in [0.4, 0.5) is 16.0 Å². The summed E-state index contributed by atoms with van der Waals surface area (Å²) in [4.78, 5) is 13.7. The molecule has 0 atom stereocenters. The van der Waals surface area contributed by atoms with Gasteiger partial charge in [0, 0.05) is 22.9 Å². The lowest BCUT2D eigenvalue weighted by Crippen LogP contribution is -2.28. The number of benzene rings is 2. The van der Waals surface area contributed by atoms with E-state index in [1.165, 1.54) is 23.9 Å². The zero-order chi connectivity index (χ0) is 19.4. The van der Waals surface area contributed by atoms with Gasteiger partial charge in [-0.25, -0.2) is 4.39 Å². The summed E-state index contributed by atoms with van der Waals surface area (Å²) in [6.45, 7) is 6.44. The maximum absolute atomic E-state index is 13.0. The molecule has 3 rings (SSSR count). The maximum atomic E-state index is 13.0. The number of hydrogen-bond donors (Lipinski definition) is 1. The summed E-state index contributed by atoms with van der Waals surface area (Å²) in [5.41, 5.74) is 3.36. The van der Waals surface area contributed by atoms with Crippen LogP contribution in [0.25, 0.3) is 0 Å². The maximum Gasteiger partial charge on any atom is 0.277 e. The molecular formula is C20H21FN4OS. The van der Waals surface area contributed by atoms with Gasteiger partial charge < -0.3 is 5.32 Å². The van der Waals surface area contributed by atoms with Gasteiger partial charge in [-0.1, -0.05) is 12.1 Å². The van der Waals surface area contributed by atoms with Crippen molar-refractivity contribution < 1.29 is 4.39 Å². The van der Waals surface area contributed by atoms with E-state index in [4.69, 9.17) is 0 Å². The lowest BCUT2D eigenvalue weighted by molar-refractivity contribution is 0.626. The molecule has 0 saturated carbocycles. The summed E-state index contributed by atoms with van der Waals surface area (Å²) in [7, 11) is 0. The minimum Gasteiger partial charge on any atom is -0.324 e. The summed E-state index contributed by atoms with van der Waals surface area (Å²) in [5.74, 6) is 0.516. The standard InChI is InChI=1S/C20H21FN4OS/c1-4-25-19(26)18(12-27-16-10-8-15(21)9-11-16)23-24-20(25)22-17-7-5-6-13(2)14(17)3/h5-11H,4,12H2,1-3H3,(H,22,24). The molecule has 0 amide bonds. The van der Waals surface area contributed by atoms with E-state index in [1.807, 2.05) is 39.0 Å². The highest BCUT2D eigenvalue weighted by Crippen LogP contribution is 2.23. The monoisotopic (exact) mass is 384 g/mol. The van der Waals surface area contributed by atoms with Crippen molar-refractivity contribution in [1.82, 2.24) is 14.8 Å². The molecule has 0 spiro atoms. The molecule has 1 aromatic heterocycles. The molecule has 27 heavy (non-hydrogen) atoms. The molecule has 0 unspecified atom stereocenters. The molecule has 0 aliphatic rings. The average Bonchev–Trinajstić information content (AvgIpc) is 2.66. The zero-order valence-electron chi connectivity index (χ0n) is 15.5. The van der Waals surface area contributed by atoms with Crippen molar-refractivity contribution in [3.05, 3.63) is 75.5 Å². The number of nitrogens with zero attached hydrogens (tertiary/aromatic N) is 3. The molecule has 0 aliphatic carbocycles. The first-order valence-electron chi connectivity index (χ1n) is 8.67. The minimum atomic E-state index is -0.283. The molecule has 0 fully saturated rings. The first-order chi connectivity index (χ1) is 13.0. The smallest absolute Gasteiger partial charge is 0.277 e. The highest BCUT2D eigenvalue weighted by atomic mass is 32.2.